The van der Waals surface area contributed by atoms with Crippen molar-refractivity contribution in [1.82, 2.24) is 9.61 Å². The molecule has 0 radical (unpaired) electrons. The fraction of sp³-hybridized carbons (Fsp3) is 0.0784. The summed E-state index contributed by atoms with van der Waals surface area (Å²) in [6, 6.07) is 65.8. The van der Waals surface area contributed by atoms with E-state index in [4.69, 9.17) is 5.10 Å². The van der Waals surface area contributed by atoms with Gasteiger partial charge in [0.25, 0.3) is 0 Å². The number of rotatable bonds is 6. The van der Waals surface area contributed by atoms with E-state index in [-0.39, 0.29) is 5.41 Å². The molecule has 1 aliphatic carbocycles. The molecule has 0 fully saturated rings. The highest BCUT2D eigenvalue weighted by molar-refractivity contribution is 6.01. The van der Waals surface area contributed by atoms with Crippen molar-refractivity contribution in [1.29, 1.82) is 0 Å². The van der Waals surface area contributed by atoms with E-state index in [1.54, 1.807) is 0 Å². The van der Waals surface area contributed by atoms with Crippen LogP contribution in [0.5, 0.6) is 0 Å². The van der Waals surface area contributed by atoms with E-state index >= 15 is 0 Å². The normalized spacial score (nSPS) is 12.9. The minimum absolute atomic E-state index is 0.101. The average Bonchev–Trinajstić information content (AvgIpc) is 3.69. The third kappa shape index (κ3) is 5.08. The summed E-state index contributed by atoms with van der Waals surface area (Å²) in [5, 5.41) is 7.67. The van der Waals surface area contributed by atoms with Gasteiger partial charge in [0.15, 0.2) is 0 Å². The summed E-state index contributed by atoms with van der Waals surface area (Å²) in [4.78, 5) is 2.39. The SMILES string of the molecule is Cc1c(-c2ccccc2)nn2c(-c3ccc(N(c4ccc(-c5ccccc5)cc4)c4ccc5c(c4)C(C)(C)c4ccccc4-5)cc3)cc3ccccc3c12. The molecule has 3 nitrogen and oxygen atoms in total. The number of nitrogens with zero attached hydrogens (tertiary/aromatic N) is 3. The highest BCUT2D eigenvalue weighted by atomic mass is 15.2. The molecule has 0 saturated heterocycles. The van der Waals surface area contributed by atoms with Gasteiger partial charge in [0.05, 0.1) is 16.9 Å². The maximum atomic E-state index is 5.27. The van der Waals surface area contributed by atoms with Crippen LogP contribution in [-0.4, -0.2) is 9.61 Å². The monoisotopic (exact) mass is 693 g/mol. The second kappa shape index (κ2) is 12.5. The largest absolute Gasteiger partial charge is 0.310 e. The van der Waals surface area contributed by atoms with E-state index in [1.807, 2.05) is 0 Å². The number of pyridine rings is 1. The van der Waals surface area contributed by atoms with Crippen LogP contribution in [0.4, 0.5) is 17.1 Å². The van der Waals surface area contributed by atoms with E-state index in [2.05, 4.69) is 212 Å². The van der Waals surface area contributed by atoms with Gasteiger partial charge in [-0.15, -0.1) is 0 Å². The van der Waals surface area contributed by atoms with Crippen LogP contribution in [0.2, 0.25) is 0 Å². The van der Waals surface area contributed by atoms with Crippen LogP contribution < -0.4 is 4.90 Å². The summed E-state index contributed by atoms with van der Waals surface area (Å²) in [6.07, 6.45) is 0. The number of benzene rings is 7. The summed E-state index contributed by atoms with van der Waals surface area (Å²) < 4.78 is 2.15. The van der Waals surface area contributed by atoms with Crippen LogP contribution in [0, 0.1) is 6.92 Å². The van der Waals surface area contributed by atoms with Gasteiger partial charge in [0, 0.05) is 44.6 Å². The summed E-state index contributed by atoms with van der Waals surface area (Å²) in [6.45, 7) is 6.89. The van der Waals surface area contributed by atoms with Gasteiger partial charge in [-0.25, -0.2) is 4.52 Å². The summed E-state index contributed by atoms with van der Waals surface area (Å²) in [5.74, 6) is 0. The molecule has 3 heteroatoms. The Kier molecular flexibility index (Phi) is 7.38. The lowest BCUT2D eigenvalue weighted by Gasteiger charge is -2.28. The lowest BCUT2D eigenvalue weighted by atomic mass is 9.82. The van der Waals surface area contributed by atoms with Crippen LogP contribution in [0.1, 0.15) is 30.5 Å². The Bertz CT molecular complexity index is 2830. The predicted molar refractivity (Wildman–Crippen MR) is 226 cm³/mol. The fourth-order valence-electron chi connectivity index (χ4n) is 8.60. The van der Waals surface area contributed by atoms with E-state index in [1.165, 1.54) is 49.7 Å². The van der Waals surface area contributed by atoms with Gasteiger partial charge < -0.3 is 4.90 Å². The van der Waals surface area contributed by atoms with Crippen LogP contribution in [0.15, 0.2) is 182 Å². The standard InChI is InChI=1S/C51H39N3/c1-34-49(38-16-8-5-9-17-38)52-54-48(32-39-18-10-11-19-43(39)50(34)54)37-24-28-41(29-25-37)53(40-26-22-36(23-27-40)35-14-6-4-7-15-35)42-30-31-45-44-20-12-13-21-46(44)51(2,3)47(45)33-42/h4-33H,1-3H3. The number of anilines is 3. The van der Waals surface area contributed by atoms with Crippen molar-refractivity contribution in [3.05, 3.63) is 199 Å². The molecule has 1 aliphatic rings. The summed E-state index contributed by atoms with van der Waals surface area (Å²) >= 11 is 0. The number of aromatic nitrogens is 2. The van der Waals surface area contributed by atoms with Crippen molar-refractivity contribution < 1.29 is 0 Å². The zero-order chi connectivity index (χ0) is 36.4. The molecule has 2 aromatic heterocycles. The Morgan fingerprint density at radius 1 is 0.481 bits per heavy atom. The first kappa shape index (κ1) is 32.0. The molecule has 0 saturated carbocycles. The molecular weight excluding hydrogens is 655 g/mol. The molecule has 7 aromatic carbocycles. The number of fused-ring (bicyclic) bond motifs is 6. The fourth-order valence-corrected chi connectivity index (χ4v) is 8.60. The van der Waals surface area contributed by atoms with Gasteiger partial charge in [0.1, 0.15) is 0 Å². The van der Waals surface area contributed by atoms with Gasteiger partial charge in [-0.05, 0) is 88.2 Å². The van der Waals surface area contributed by atoms with E-state index in [0.717, 1.165) is 45.1 Å². The second-order valence-corrected chi connectivity index (χ2v) is 14.9. The van der Waals surface area contributed by atoms with Crippen LogP contribution >= 0.6 is 0 Å². The highest BCUT2D eigenvalue weighted by Gasteiger charge is 2.35. The molecule has 0 spiro atoms. The predicted octanol–water partition coefficient (Wildman–Crippen LogP) is 13.6. The third-order valence-corrected chi connectivity index (χ3v) is 11.4. The zero-order valence-corrected chi connectivity index (χ0v) is 30.7. The lowest BCUT2D eigenvalue weighted by Crippen LogP contribution is -2.16. The van der Waals surface area contributed by atoms with Gasteiger partial charge in [-0.1, -0.05) is 153 Å². The Morgan fingerprint density at radius 3 is 1.76 bits per heavy atom. The molecule has 0 unspecified atom stereocenters. The van der Waals surface area contributed by atoms with Crippen molar-refractivity contribution in [2.75, 3.05) is 4.90 Å². The molecule has 0 N–H and O–H groups in total. The topological polar surface area (TPSA) is 20.5 Å². The Labute approximate surface area is 316 Å². The van der Waals surface area contributed by atoms with Crippen molar-refractivity contribution >= 4 is 33.4 Å². The van der Waals surface area contributed by atoms with Crippen molar-refractivity contribution in [2.45, 2.75) is 26.2 Å². The van der Waals surface area contributed by atoms with Gasteiger partial charge in [-0.2, -0.15) is 5.10 Å². The van der Waals surface area contributed by atoms with E-state index < -0.39 is 0 Å². The minimum Gasteiger partial charge on any atom is -0.310 e. The molecule has 2 heterocycles. The van der Waals surface area contributed by atoms with Crippen LogP contribution in [-0.2, 0) is 5.41 Å². The smallest absolute Gasteiger partial charge is 0.0963 e. The molecule has 0 atom stereocenters. The third-order valence-electron chi connectivity index (χ3n) is 11.4. The first-order chi connectivity index (χ1) is 26.5. The first-order valence-electron chi connectivity index (χ1n) is 18.7. The Balaban J connectivity index is 1.11. The highest BCUT2D eigenvalue weighted by Crippen LogP contribution is 2.50. The van der Waals surface area contributed by atoms with Crippen LogP contribution in [0.3, 0.4) is 0 Å². The zero-order valence-electron chi connectivity index (χ0n) is 30.7. The van der Waals surface area contributed by atoms with E-state index in [0.29, 0.717) is 0 Å². The number of aryl methyl sites for hydroxylation is 1. The lowest BCUT2D eigenvalue weighted by molar-refractivity contribution is 0.660. The molecular formula is C51H39N3. The molecule has 0 amide bonds. The maximum Gasteiger partial charge on any atom is 0.0963 e. The van der Waals surface area contributed by atoms with Crippen molar-refractivity contribution in [2.24, 2.45) is 0 Å². The Hall–Kier alpha value is -6.71. The van der Waals surface area contributed by atoms with Gasteiger partial charge in [-0.3, -0.25) is 0 Å². The summed E-state index contributed by atoms with van der Waals surface area (Å²) in [7, 11) is 0. The quantitative estimate of drug-likeness (QED) is 0.173. The van der Waals surface area contributed by atoms with Crippen molar-refractivity contribution in [3.8, 4) is 44.8 Å². The second-order valence-electron chi connectivity index (χ2n) is 14.9. The Morgan fingerprint density at radius 2 is 1.04 bits per heavy atom. The van der Waals surface area contributed by atoms with Crippen LogP contribution in [0.25, 0.3) is 61.1 Å². The molecule has 0 bridgehead atoms. The number of hydrogen-bond donors (Lipinski definition) is 0. The molecule has 9 aromatic rings. The molecule has 54 heavy (non-hydrogen) atoms. The first-order valence-corrected chi connectivity index (χ1v) is 18.7. The summed E-state index contributed by atoms with van der Waals surface area (Å²) in [5.41, 5.74) is 17.7. The van der Waals surface area contributed by atoms with Crippen molar-refractivity contribution in [3.63, 3.8) is 0 Å². The number of hydrogen-bond acceptors (Lipinski definition) is 2. The van der Waals surface area contributed by atoms with Gasteiger partial charge >= 0.3 is 0 Å². The minimum atomic E-state index is -0.101. The molecule has 10 rings (SSSR count). The van der Waals surface area contributed by atoms with Gasteiger partial charge in [0.2, 0.25) is 0 Å². The molecule has 258 valence electrons. The molecule has 0 aliphatic heterocycles. The maximum absolute atomic E-state index is 5.27. The van der Waals surface area contributed by atoms with E-state index in [9.17, 15) is 0 Å². The average molecular weight is 694 g/mol.